The first-order valence-electron chi connectivity index (χ1n) is 19.8. The van der Waals surface area contributed by atoms with E-state index in [0.717, 1.165) is 38.5 Å². The number of carbonyl (C=O) groups is 1. The molecule has 46 heavy (non-hydrogen) atoms. The maximum absolute atomic E-state index is 12.4. The first-order chi connectivity index (χ1) is 22.5. The van der Waals surface area contributed by atoms with Crippen LogP contribution in [-0.2, 0) is 4.79 Å². The van der Waals surface area contributed by atoms with Gasteiger partial charge in [-0.25, -0.2) is 0 Å². The van der Waals surface area contributed by atoms with E-state index in [9.17, 15) is 20.1 Å². The second kappa shape index (κ2) is 36.4. The van der Waals surface area contributed by atoms with Crippen LogP contribution in [0.1, 0.15) is 194 Å². The van der Waals surface area contributed by atoms with E-state index in [1.54, 1.807) is 6.08 Å². The zero-order chi connectivity index (χ0) is 33.8. The molecule has 5 heteroatoms. The minimum Gasteiger partial charge on any atom is -0.394 e. The molecule has 3 atom stereocenters. The molecule has 0 saturated heterocycles. The number of unbranched alkanes of at least 4 members (excludes halogenated alkanes) is 22. The van der Waals surface area contributed by atoms with Crippen LogP contribution in [-0.4, -0.2) is 46.1 Å². The van der Waals surface area contributed by atoms with Crippen LogP contribution in [0.25, 0.3) is 0 Å². The van der Waals surface area contributed by atoms with E-state index in [0.29, 0.717) is 6.42 Å². The molecular formula is C41H77NO4. The van der Waals surface area contributed by atoms with Crippen molar-refractivity contribution in [3.05, 3.63) is 36.5 Å². The fourth-order valence-electron chi connectivity index (χ4n) is 5.84. The molecule has 0 fully saturated rings. The number of nitrogens with one attached hydrogen (secondary N) is 1. The van der Waals surface area contributed by atoms with Gasteiger partial charge in [0.05, 0.1) is 31.3 Å². The van der Waals surface area contributed by atoms with Crippen LogP contribution in [0.2, 0.25) is 0 Å². The van der Waals surface area contributed by atoms with Crippen molar-refractivity contribution in [2.24, 2.45) is 0 Å². The quantitative estimate of drug-likeness (QED) is 0.0407. The molecule has 0 heterocycles. The highest BCUT2D eigenvalue weighted by atomic mass is 16.3. The van der Waals surface area contributed by atoms with Crippen LogP contribution in [0, 0.1) is 0 Å². The van der Waals surface area contributed by atoms with Crippen LogP contribution in [0.3, 0.4) is 0 Å². The lowest BCUT2D eigenvalue weighted by atomic mass is 10.0. The van der Waals surface area contributed by atoms with Gasteiger partial charge in [-0.05, 0) is 44.9 Å². The molecule has 0 aliphatic carbocycles. The maximum Gasteiger partial charge on any atom is 0.222 e. The largest absolute Gasteiger partial charge is 0.394 e. The molecule has 0 spiro atoms. The van der Waals surface area contributed by atoms with E-state index in [2.05, 4.69) is 43.5 Å². The van der Waals surface area contributed by atoms with E-state index in [1.807, 2.05) is 6.08 Å². The summed E-state index contributed by atoms with van der Waals surface area (Å²) in [6, 6.07) is -0.764. The minimum absolute atomic E-state index is 0.00433. The van der Waals surface area contributed by atoms with Crippen molar-refractivity contribution in [3.8, 4) is 0 Å². The number of carbonyl (C=O) groups excluding carboxylic acids is 1. The SMILES string of the molecule is CCCCCCCCCC/C=C/CC/C=C/CC/C=C/C(O)C(CO)NC(=O)CC(O)CCCCCCCCCCCCCCC. The third-order valence-electron chi connectivity index (χ3n) is 8.91. The number of hydrogen-bond donors (Lipinski definition) is 4. The number of allylic oxidation sites excluding steroid dienone is 5. The Morgan fingerprint density at radius 3 is 1.39 bits per heavy atom. The number of aliphatic hydroxyl groups is 3. The Bertz CT molecular complexity index is 719. The van der Waals surface area contributed by atoms with E-state index in [1.165, 1.54) is 128 Å². The first kappa shape index (κ1) is 44.6. The highest BCUT2D eigenvalue weighted by Gasteiger charge is 2.20. The van der Waals surface area contributed by atoms with Crippen molar-refractivity contribution in [1.82, 2.24) is 5.32 Å². The lowest BCUT2D eigenvalue weighted by Gasteiger charge is -2.21. The van der Waals surface area contributed by atoms with Crippen molar-refractivity contribution < 1.29 is 20.1 Å². The predicted octanol–water partition coefficient (Wildman–Crippen LogP) is 10.8. The van der Waals surface area contributed by atoms with Gasteiger partial charge >= 0.3 is 0 Å². The fraction of sp³-hybridized carbons (Fsp3) is 0.829. The molecule has 0 rings (SSSR count). The van der Waals surface area contributed by atoms with Crippen LogP contribution in [0.15, 0.2) is 36.5 Å². The lowest BCUT2D eigenvalue weighted by molar-refractivity contribution is -0.124. The van der Waals surface area contributed by atoms with Gasteiger partial charge in [0.2, 0.25) is 5.91 Å². The average Bonchev–Trinajstić information content (AvgIpc) is 3.05. The Balaban J connectivity index is 3.79. The third kappa shape index (κ3) is 32.5. The molecule has 4 N–H and O–H groups in total. The molecule has 5 nitrogen and oxygen atoms in total. The van der Waals surface area contributed by atoms with Crippen molar-refractivity contribution in [2.75, 3.05) is 6.61 Å². The van der Waals surface area contributed by atoms with E-state index in [4.69, 9.17) is 0 Å². The van der Waals surface area contributed by atoms with Crippen molar-refractivity contribution in [3.63, 3.8) is 0 Å². The fourth-order valence-corrected chi connectivity index (χ4v) is 5.84. The van der Waals surface area contributed by atoms with Gasteiger partial charge in [0.25, 0.3) is 0 Å². The van der Waals surface area contributed by atoms with Crippen molar-refractivity contribution in [2.45, 2.75) is 212 Å². The molecule has 0 aromatic heterocycles. The molecule has 270 valence electrons. The summed E-state index contributed by atoms with van der Waals surface area (Å²) in [6.45, 7) is 4.18. The summed E-state index contributed by atoms with van der Waals surface area (Å²) in [4.78, 5) is 12.4. The summed E-state index contributed by atoms with van der Waals surface area (Å²) in [5.41, 5.74) is 0. The number of amides is 1. The monoisotopic (exact) mass is 648 g/mol. The summed E-state index contributed by atoms with van der Waals surface area (Å²) in [5.74, 6) is -0.330. The summed E-state index contributed by atoms with van der Waals surface area (Å²) in [6.07, 6.45) is 44.2. The van der Waals surface area contributed by atoms with Crippen LogP contribution < -0.4 is 5.32 Å². The Labute approximate surface area is 285 Å². The Morgan fingerprint density at radius 2 is 0.935 bits per heavy atom. The molecule has 1 amide bonds. The number of hydrogen-bond acceptors (Lipinski definition) is 4. The van der Waals surface area contributed by atoms with Crippen molar-refractivity contribution >= 4 is 5.91 Å². The molecule has 0 aromatic carbocycles. The molecule has 0 bridgehead atoms. The zero-order valence-corrected chi connectivity index (χ0v) is 30.5. The Hall–Kier alpha value is -1.43. The second-order valence-electron chi connectivity index (χ2n) is 13.5. The lowest BCUT2D eigenvalue weighted by Crippen LogP contribution is -2.45. The van der Waals surface area contributed by atoms with Gasteiger partial charge in [-0.3, -0.25) is 4.79 Å². The Kier molecular flexibility index (Phi) is 35.3. The first-order valence-corrected chi connectivity index (χ1v) is 19.8. The van der Waals surface area contributed by atoms with Gasteiger partial charge in [-0.1, -0.05) is 179 Å². The van der Waals surface area contributed by atoms with Crippen LogP contribution >= 0.6 is 0 Å². The van der Waals surface area contributed by atoms with E-state index >= 15 is 0 Å². The van der Waals surface area contributed by atoms with Gasteiger partial charge in [0.1, 0.15) is 0 Å². The van der Waals surface area contributed by atoms with Gasteiger partial charge in [0.15, 0.2) is 0 Å². The van der Waals surface area contributed by atoms with Crippen LogP contribution in [0.4, 0.5) is 0 Å². The van der Waals surface area contributed by atoms with Gasteiger partial charge in [-0.2, -0.15) is 0 Å². The highest BCUT2D eigenvalue weighted by molar-refractivity contribution is 5.76. The Morgan fingerprint density at radius 1 is 0.543 bits per heavy atom. The summed E-state index contributed by atoms with van der Waals surface area (Å²) in [5, 5.41) is 33.1. The van der Waals surface area contributed by atoms with Gasteiger partial charge in [0, 0.05) is 0 Å². The van der Waals surface area contributed by atoms with Gasteiger partial charge < -0.3 is 20.6 Å². The second-order valence-corrected chi connectivity index (χ2v) is 13.5. The molecule has 0 saturated carbocycles. The summed E-state index contributed by atoms with van der Waals surface area (Å²) in [7, 11) is 0. The number of aliphatic hydroxyl groups excluding tert-OH is 3. The van der Waals surface area contributed by atoms with Crippen molar-refractivity contribution in [1.29, 1.82) is 0 Å². The molecule has 0 radical (unpaired) electrons. The normalized spacial score (nSPS) is 14.1. The summed E-state index contributed by atoms with van der Waals surface area (Å²) >= 11 is 0. The highest BCUT2D eigenvalue weighted by Crippen LogP contribution is 2.14. The molecule has 0 aliphatic heterocycles. The zero-order valence-electron chi connectivity index (χ0n) is 30.5. The maximum atomic E-state index is 12.4. The third-order valence-corrected chi connectivity index (χ3v) is 8.91. The smallest absolute Gasteiger partial charge is 0.222 e. The average molecular weight is 648 g/mol. The molecule has 3 unspecified atom stereocenters. The van der Waals surface area contributed by atoms with E-state index < -0.39 is 18.2 Å². The standard InChI is InChI=1S/C41H77NO4/c1-3-5-7-9-11-13-15-17-18-19-20-21-23-25-27-29-31-33-35-40(45)39(37-43)42-41(46)36-38(44)34-32-30-28-26-24-22-16-14-12-10-8-6-4-2/h19-20,25,27,33,35,38-40,43-45H,3-18,21-24,26,28-32,34,36-37H2,1-2H3,(H,42,46)/b20-19+,27-25+,35-33+. The molecular weight excluding hydrogens is 570 g/mol. The topological polar surface area (TPSA) is 89.8 Å². The van der Waals surface area contributed by atoms with Crippen LogP contribution in [0.5, 0.6) is 0 Å². The predicted molar refractivity (Wildman–Crippen MR) is 199 cm³/mol. The minimum atomic E-state index is -0.956. The van der Waals surface area contributed by atoms with Gasteiger partial charge in [-0.15, -0.1) is 0 Å². The summed E-state index contributed by atoms with van der Waals surface area (Å²) < 4.78 is 0. The molecule has 0 aliphatic rings. The number of rotatable bonds is 35. The van der Waals surface area contributed by atoms with E-state index in [-0.39, 0.29) is 18.9 Å². The molecule has 0 aromatic rings.